The Bertz CT molecular complexity index is 474. The molecule has 7 nitrogen and oxygen atoms in total. The largest absolute Gasteiger partial charge is 0.378 e. The van der Waals surface area contributed by atoms with E-state index >= 15 is 0 Å². The number of hydrogen-bond donors (Lipinski definition) is 2. The minimum atomic E-state index is -0.327. The number of hydrogen-bond acceptors (Lipinski definition) is 6. The number of carbonyl (C=O) groups excluding carboxylic acids is 1. The molecule has 1 atom stereocenters. The SMILES string of the molecule is CNc1ncnc(NC(C)C(=O)N2CCOCC2)c1C. The van der Waals surface area contributed by atoms with Crippen molar-refractivity contribution >= 4 is 17.5 Å². The van der Waals surface area contributed by atoms with E-state index in [4.69, 9.17) is 4.74 Å². The van der Waals surface area contributed by atoms with E-state index in [1.165, 1.54) is 6.33 Å². The smallest absolute Gasteiger partial charge is 0.244 e. The number of morpholine rings is 1. The highest BCUT2D eigenvalue weighted by Crippen LogP contribution is 2.18. The van der Waals surface area contributed by atoms with Crippen LogP contribution in [0, 0.1) is 6.92 Å². The van der Waals surface area contributed by atoms with Crippen molar-refractivity contribution in [1.29, 1.82) is 0 Å². The number of carbonyl (C=O) groups is 1. The molecule has 1 aliphatic heterocycles. The second kappa shape index (κ2) is 6.51. The normalized spacial score (nSPS) is 16.6. The Morgan fingerprint density at radius 2 is 2.00 bits per heavy atom. The van der Waals surface area contributed by atoms with Crippen LogP contribution in [0.25, 0.3) is 0 Å². The molecule has 1 unspecified atom stereocenters. The Balaban J connectivity index is 2.03. The van der Waals surface area contributed by atoms with Gasteiger partial charge in [-0.25, -0.2) is 9.97 Å². The first-order chi connectivity index (χ1) is 9.63. The van der Waals surface area contributed by atoms with Gasteiger partial charge in [0.1, 0.15) is 24.0 Å². The minimum Gasteiger partial charge on any atom is -0.378 e. The van der Waals surface area contributed by atoms with Crippen LogP contribution in [0.15, 0.2) is 6.33 Å². The van der Waals surface area contributed by atoms with Crippen LogP contribution in [0.1, 0.15) is 12.5 Å². The summed E-state index contributed by atoms with van der Waals surface area (Å²) in [5.74, 6) is 1.50. The third-order valence-electron chi connectivity index (χ3n) is 3.37. The Morgan fingerprint density at radius 1 is 1.35 bits per heavy atom. The van der Waals surface area contributed by atoms with Gasteiger partial charge in [0.15, 0.2) is 0 Å². The molecule has 0 bridgehead atoms. The van der Waals surface area contributed by atoms with Crippen molar-refractivity contribution in [3.8, 4) is 0 Å². The molecule has 1 saturated heterocycles. The van der Waals surface area contributed by atoms with E-state index in [0.717, 1.165) is 11.4 Å². The molecule has 0 saturated carbocycles. The maximum absolute atomic E-state index is 12.3. The van der Waals surface area contributed by atoms with Gasteiger partial charge in [-0.05, 0) is 13.8 Å². The summed E-state index contributed by atoms with van der Waals surface area (Å²) < 4.78 is 5.25. The average Bonchev–Trinajstić information content (AvgIpc) is 2.49. The summed E-state index contributed by atoms with van der Waals surface area (Å²) in [6.07, 6.45) is 1.48. The van der Waals surface area contributed by atoms with E-state index in [9.17, 15) is 4.79 Å². The molecule has 2 heterocycles. The number of anilines is 2. The van der Waals surface area contributed by atoms with Crippen LogP contribution in [0.3, 0.4) is 0 Å². The molecule has 2 N–H and O–H groups in total. The standard InChI is InChI=1S/C13H21N5O2/c1-9-11(14-3)15-8-16-12(9)17-10(2)13(19)18-4-6-20-7-5-18/h8,10H,4-7H2,1-3H3,(H2,14,15,16,17). The minimum absolute atomic E-state index is 0.0670. The molecule has 1 aliphatic rings. The van der Waals surface area contributed by atoms with Crippen LogP contribution in [0.5, 0.6) is 0 Å². The van der Waals surface area contributed by atoms with Gasteiger partial charge in [-0.2, -0.15) is 0 Å². The highest BCUT2D eigenvalue weighted by Gasteiger charge is 2.23. The Labute approximate surface area is 118 Å². The van der Waals surface area contributed by atoms with Crippen molar-refractivity contribution in [2.24, 2.45) is 0 Å². The fourth-order valence-electron chi connectivity index (χ4n) is 2.17. The van der Waals surface area contributed by atoms with Crippen molar-refractivity contribution in [3.63, 3.8) is 0 Å². The molecule has 20 heavy (non-hydrogen) atoms. The van der Waals surface area contributed by atoms with Gasteiger partial charge in [0.05, 0.1) is 13.2 Å². The highest BCUT2D eigenvalue weighted by molar-refractivity contribution is 5.84. The van der Waals surface area contributed by atoms with E-state index in [-0.39, 0.29) is 11.9 Å². The fraction of sp³-hybridized carbons (Fsp3) is 0.615. The first-order valence-electron chi connectivity index (χ1n) is 6.76. The fourth-order valence-corrected chi connectivity index (χ4v) is 2.17. The summed E-state index contributed by atoms with van der Waals surface area (Å²) in [7, 11) is 1.81. The predicted molar refractivity (Wildman–Crippen MR) is 76.8 cm³/mol. The molecule has 0 radical (unpaired) electrons. The first-order valence-corrected chi connectivity index (χ1v) is 6.76. The number of nitrogens with zero attached hydrogens (tertiary/aromatic N) is 3. The topological polar surface area (TPSA) is 79.4 Å². The van der Waals surface area contributed by atoms with Crippen molar-refractivity contribution in [1.82, 2.24) is 14.9 Å². The van der Waals surface area contributed by atoms with Crippen LogP contribution in [0.4, 0.5) is 11.6 Å². The van der Waals surface area contributed by atoms with Gasteiger partial charge in [0.2, 0.25) is 5.91 Å². The van der Waals surface area contributed by atoms with Gasteiger partial charge in [0, 0.05) is 25.7 Å². The second-order valence-electron chi connectivity index (χ2n) is 4.75. The monoisotopic (exact) mass is 279 g/mol. The van der Waals surface area contributed by atoms with Crippen molar-refractivity contribution < 1.29 is 9.53 Å². The van der Waals surface area contributed by atoms with E-state index in [2.05, 4.69) is 20.6 Å². The molecule has 1 fully saturated rings. The zero-order chi connectivity index (χ0) is 14.5. The molecule has 0 spiro atoms. The summed E-state index contributed by atoms with van der Waals surface area (Å²) in [6, 6.07) is -0.327. The van der Waals surface area contributed by atoms with Crippen LogP contribution in [-0.2, 0) is 9.53 Å². The summed E-state index contributed by atoms with van der Waals surface area (Å²) in [4.78, 5) is 22.5. The third kappa shape index (κ3) is 3.16. The van der Waals surface area contributed by atoms with Crippen molar-refractivity contribution in [2.75, 3.05) is 44.0 Å². The Morgan fingerprint density at radius 3 is 2.65 bits per heavy atom. The van der Waals surface area contributed by atoms with Gasteiger partial charge in [-0.15, -0.1) is 0 Å². The van der Waals surface area contributed by atoms with E-state index in [1.807, 2.05) is 18.7 Å². The molecule has 0 aromatic carbocycles. The lowest BCUT2D eigenvalue weighted by Crippen LogP contribution is -2.47. The summed E-state index contributed by atoms with van der Waals surface area (Å²) in [6.45, 7) is 6.27. The Hall–Kier alpha value is -1.89. The first kappa shape index (κ1) is 14.5. The van der Waals surface area contributed by atoms with E-state index in [1.54, 1.807) is 7.05 Å². The average molecular weight is 279 g/mol. The molecule has 2 rings (SSSR count). The summed E-state index contributed by atoms with van der Waals surface area (Å²) in [5, 5.41) is 6.16. The van der Waals surface area contributed by atoms with Crippen molar-refractivity contribution in [3.05, 3.63) is 11.9 Å². The highest BCUT2D eigenvalue weighted by atomic mass is 16.5. The quantitative estimate of drug-likeness (QED) is 0.835. The van der Waals surface area contributed by atoms with E-state index in [0.29, 0.717) is 32.1 Å². The van der Waals surface area contributed by atoms with Gasteiger partial charge < -0.3 is 20.3 Å². The summed E-state index contributed by atoms with van der Waals surface area (Å²) >= 11 is 0. The third-order valence-corrected chi connectivity index (χ3v) is 3.37. The number of nitrogens with one attached hydrogen (secondary N) is 2. The van der Waals surface area contributed by atoms with Gasteiger partial charge in [-0.1, -0.05) is 0 Å². The van der Waals surface area contributed by atoms with Crippen LogP contribution < -0.4 is 10.6 Å². The molecular formula is C13H21N5O2. The van der Waals surface area contributed by atoms with Gasteiger partial charge in [-0.3, -0.25) is 4.79 Å². The number of amides is 1. The maximum atomic E-state index is 12.3. The van der Waals surface area contributed by atoms with Crippen molar-refractivity contribution in [2.45, 2.75) is 19.9 Å². The predicted octanol–water partition coefficient (Wildman–Crippen LogP) is 0.486. The van der Waals surface area contributed by atoms with Crippen LogP contribution in [-0.4, -0.2) is 60.2 Å². The lowest BCUT2D eigenvalue weighted by atomic mass is 10.2. The number of ether oxygens (including phenoxy) is 1. The number of rotatable bonds is 4. The Kier molecular flexibility index (Phi) is 4.73. The molecule has 110 valence electrons. The van der Waals surface area contributed by atoms with Gasteiger partial charge >= 0.3 is 0 Å². The van der Waals surface area contributed by atoms with Crippen LogP contribution >= 0.6 is 0 Å². The molecule has 1 aromatic heterocycles. The number of aromatic nitrogens is 2. The second-order valence-corrected chi connectivity index (χ2v) is 4.75. The zero-order valence-corrected chi connectivity index (χ0v) is 12.1. The van der Waals surface area contributed by atoms with E-state index < -0.39 is 0 Å². The molecule has 1 amide bonds. The molecular weight excluding hydrogens is 258 g/mol. The molecule has 0 aliphatic carbocycles. The van der Waals surface area contributed by atoms with Gasteiger partial charge in [0.25, 0.3) is 0 Å². The van der Waals surface area contributed by atoms with Crippen LogP contribution in [0.2, 0.25) is 0 Å². The summed E-state index contributed by atoms with van der Waals surface area (Å²) in [5.41, 5.74) is 0.900. The lowest BCUT2D eigenvalue weighted by molar-refractivity contribution is -0.135. The maximum Gasteiger partial charge on any atom is 0.244 e. The molecule has 1 aromatic rings. The lowest BCUT2D eigenvalue weighted by Gasteiger charge is -2.29. The zero-order valence-electron chi connectivity index (χ0n) is 12.1. The molecule has 7 heteroatoms.